The zero-order chi connectivity index (χ0) is 15.4. The van der Waals surface area contributed by atoms with Crippen LogP contribution in [0.25, 0.3) is 0 Å². The third-order valence-electron chi connectivity index (χ3n) is 3.79. The Morgan fingerprint density at radius 1 is 1.24 bits per heavy atom. The summed E-state index contributed by atoms with van der Waals surface area (Å²) in [7, 11) is 0. The molecule has 1 heterocycles. The normalized spacial score (nSPS) is 15.9. The van der Waals surface area contributed by atoms with Gasteiger partial charge in [0, 0.05) is 32.1 Å². The summed E-state index contributed by atoms with van der Waals surface area (Å²) in [6.07, 6.45) is 1.84. The Balaban J connectivity index is 1.82. The van der Waals surface area contributed by atoms with Gasteiger partial charge in [0.2, 0.25) is 5.91 Å². The zero-order valence-electron chi connectivity index (χ0n) is 11.9. The van der Waals surface area contributed by atoms with E-state index >= 15 is 0 Å². The van der Waals surface area contributed by atoms with Crippen molar-refractivity contribution in [2.45, 2.75) is 19.8 Å². The Bertz CT molecular complexity index is 540. The van der Waals surface area contributed by atoms with E-state index in [4.69, 9.17) is 23.2 Å². The van der Waals surface area contributed by atoms with Crippen molar-refractivity contribution in [1.29, 1.82) is 0 Å². The molecule has 0 radical (unpaired) electrons. The Hall–Kier alpha value is -1.26. The first kappa shape index (κ1) is 16.1. The molecule has 0 atom stereocenters. The first-order valence-electron chi connectivity index (χ1n) is 6.96. The zero-order valence-corrected chi connectivity index (χ0v) is 13.4. The second kappa shape index (κ2) is 7.14. The first-order chi connectivity index (χ1) is 9.97. The Labute approximate surface area is 134 Å². The fourth-order valence-corrected chi connectivity index (χ4v) is 2.73. The molecule has 1 saturated heterocycles. The van der Waals surface area contributed by atoms with Crippen molar-refractivity contribution in [3.63, 3.8) is 0 Å². The van der Waals surface area contributed by atoms with E-state index in [2.05, 4.69) is 5.32 Å². The number of piperidine rings is 1. The SMILES string of the molecule is CC(=O)N1CCC(CNC(=O)c2ccc(Cl)c(Cl)c2)CC1. The number of amides is 2. The summed E-state index contributed by atoms with van der Waals surface area (Å²) in [5, 5.41) is 3.72. The number of nitrogens with one attached hydrogen (secondary N) is 1. The fourth-order valence-electron chi connectivity index (χ4n) is 2.43. The maximum atomic E-state index is 12.0. The number of likely N-dealkylation sites (tertiary alicyclic amines) is 1. The van der Waals surface area contributed by atoms with E-state index < -0.39 is 0 Å². The van der Waals surface area contributed by atoms with Gasteiger partial charge in [-0.25, -0.2) is 0 Å². The van der Waals surface area contributed by atoms with Crippen molar-refractivity contribution in [3.05, 3.63) is 33.8 Å². The molecule has 21 heavy (non-hydrogen) atoms. The van der Waals surface area contributed by atoms with E-state index in [-0.39, 0.29) is 11.8 Å². The molecule has 114 valence electrons. The molecule has 0 spiro atoms. The van der Waals surface area contributed by atoms with Crippen molar-refractivity contribution in [3.8, 4) is 0 Å². The third kappa shape index (κ3) is 4.35. The summed E-state index contributed by atoms with van der Waals surface area (Å²) in [5.74, 6) is 0.378. The van der Waals surface area contributed by atoms with Crippen LogP contribution in [-0.2, 0) is 4.79 Å². The minimum Gasteiger partial charge on any atom is -0.352 e. The van der Waals surface area contributed by atoms with Crippen molar-refractivity contribution < 1.29 is 9.59 Å². The molecule has 1 aromatic rings. The maximum Gasteiger partial charge on any atom is 0.251 e. The average molecular weight is 329 g/mol. The summed E-state index contributed by atoms with van der Waals surface area (Å²) in [5.41, 5.74) is 0.505. The largest absolute Gasteiger partial charge is 0.352 e. The van der Waals surface area contributed by atoms with Crippen LogP contribution in [0.2, 0.25) is 10.0 Å². The molecule has 1 aliphatic heterocycles. The lowest BCUT2D eigenvalue weighted by atomic mass is 9.96. The van der Waals surface area contributed by atoms with Gasteiger partial charge in [0.1, 0.15) is 0 Å². The minimum atomic E-state index is -0.150. The monoisotopic (exact) mass is 328 g/mol. The van der Waals surface area contributed by atoms with Gasteiger partial charge in [-0.15, -0.1) is 0 Å². The van der Waals surface area contributed by atoms with Gasteiger partial charge in [-0.05, 0) is 37.0 Å². The molecule has 0 aliphatic carbocycles. The molecule has 1 aromatic carbocycles. The van der Waals surface area contributed by atoms with Gasteiger partial charge in [-0.3, -0.25) is 9.59 Å². The highest BCUT2D eigenvalue weighted by Gasteiger charge is 2.21. The Morgan fingerprint density at radius 2 is 1.90 bits per heavy atom. The van der Waals surface area contributed by atoms with Crippen LogP contribution in [0.15, 0.2) is 18.2 Å². The predicted molar refractivity (Wildman–Crippen MR) is 83.8 cm³/mol. The molecule has 1 N–H and O–H groups in total. The van der Waals surface area contributed by atoms with Gasteiger partial charge in [0.05, 0.1) is 10.0 Å². The second-order valence-electron chi connectivity index (χ2n) is 5.29. The van der Waals surface area contributed by atoms with E-state index in [1.807, 2.05) is 4.90 Å². The number of halogens is 2. The van der Waals surface area contributed by atoms with E-state index in [9.17, 15) is 9.59 Å². The number of hydrogen-bond donors (Lipinski definition) is 1. The van der Waals surface area contributed by atoms with Crippen LogP contribution in [-0.4, -0.2) is 36.3 Å². The van der Waals surface area contributed by atoms with Gasteiger partial charge in [-0.2, -0.15) is 0 Å². The molecular formula is C15H18Cl2N2O2. The van der Waals surface area contributed by atoms with Gasteiger partial charge < -0.3 is 10.2 Å². The van der Waals surface area contributed by atoms with E-state index in [1.165, 1.54) is 0 Å². The smallest absolute Gasteiger partial charge is 0.251 e. The van der Waals surface area contributed by atoms with Crippen LogP contribution >= 0.6 is 23.2 Å². The van der Waals surface area contributed by atoms with Gasteiger partial charge in [0.25, 0.3) is 5.91 Å². The maximum absolute atomic E-state index is 12.0. The number of carbonyl (C=O) groups excluding carboxylic acids is 2. The minimum absolute atomic E-state index is 0.119. The van der Waals surface area contributed by atoms with Gasteiger partial charge >= 0.3 is 0 Å². The van der Waals surface area contributed by atoms with Crippen LogP contribution in [0.4, 0.5) is 0 Å². The van der Waals surface area contributed by atoms with Gasteiger partial charge in [-0.1, -0.05) is 23.2 Å². The number of nitrogens with zero attached hydrogens (tertiary/aromatic N) is 1. The van der Waals surface area contributed by atoms with E-state index in [0.717, 1.165) is 25.9 Å². The summed E-state index contributed by atoms with van der Waals surface area (Å²) < 4.78 is 0. The molecule has 0 bridgehead atoms. The van der Waals surface area contributed by atoms with Crippen molar-refractivity contribution in [1.82, 2.24) is 10.2 Å². The topological polar surface area (TPSA) is 49.4 Å². The van der Waals surface area contributed by atoms with Crippen LogP contribution < -0.4 is 5.32 Å². The summed E-state index contributed by atoms with van der Waals surface area (Å²) >= 11 is 11.7. The number of carbonyl (C=O) groups is 2. The summed E-state index contributed by atoms with van der Waals surface area (Å²) in [6, 6.07) is 4.84. The highest BCUT2D eigenvalue weighted by molar-refractivity contribution is 6.42. The highest BCUT2D eigenvalue weighted by atomic mass is 35.5. The Kier molecular flexibility index (Phi) is 5.48. The van der Waals surface area contributed by atoms with Crippen molar-refractivity contribution >= 4 is 35.0 Å². The van der Waals surface area contributed by atoms with Gasteiger partial charge in [0.15, 0.2) is 0 Å². The van der Waals surface area contributed by atoms with Crippen LogP contribution in [0, 0.1) is 5.92 Å². The van der Waals surface area contributed by atoms with E-state index in [1.54, 1.807) is 25.1 Å². The highest BCUT2D eigenvalue weighted by Crippen LogP contribution is 2.22. The number of hydrogen-bond acceptors (Lipinski definition) is 2. The van der Waals surface area contributed by atoms with Crippen LogP contribution in [0.1, 0.15) is 30.1 Å². The van der Waals surface area contributed by atoms with Crippen LogP contribution in [0.5, 0.6) is 0 Å². The third-order valence-corrected chi connectivity index (χ3v) is 4.53. The fraction of sp³-hybridized carbons (Fsp3) is 0.467. The van der Waals surface area contributed by atoms with E-state index in [0.29, 0.717) is 28.1 Å². The lowest BCUT2D eigenvalue weighted by molar-refractivity contribution is -0.130. The molecule has 2 rings (SSSR count). The molecule has 6 heteroatoms. The molecule has 1 aliphatic rings. The quantitative estimate of drug-likeness (QED) is 0.927. The molecular weight excluding hydrogens is 311 g/mol. The molecule has 1 fully saturated rings. The lowest BCUT2D eigenvalue weighted by Crippen LogP contribution is -2.40. The molecule has 0 aromatic heterocycles. The molecule has 0 saturated carbocycles. The van der Waals surface area contributed by atoms with Crippen molar-refractivity contribution in [2.24, 2.45) is 5.92 Å². The summed E-state index contributed by atoms with van der Waals surface area (Å²) in [6.45, 7) is 3.74. The average Bonchev–Trinajstić information content (AvgIpc) is 2.48. The van der Waals surface area contributed by atoms with Crippen molar-refractivity contribution in [2.75, 3.05) is 19.6 Å². The predicted octanol–water partition coefficient (Wildman–Crippen LogP) is 2.98. The molecule has 0 unspecified atom stereocenters. The Morgan fingerprint density at radius 3 is 2.48 bits per heavy atom. The van der Waals surface area contributed by atoms with Crippen LogP contribution in [0.3, 0.4) is 0 Å². The molecule has 2 amide bonds. The number of benzene rings is 1. The standard InChI is InChI=1S/C15H18Cl2N2O2/c1-10(20)19-6-4-11(5-7-19)9-18-15(21)12-2-3-13(16)14(17)8-12/h2-3,8,11H,4-7,9H2,1H3,(H,18,21). The lowest BCUT2D eigenvalue weighted by Gasteiger charge is -2.31. The summed E-state index contributed by atoms with van der Waals surface area (Å²) in [4.78, 5) is 25.1. The first-order valence-corrected chi connectivity index (χ1v) is 7.71. The second-order valence-corrected chi connectivity index (χ2v) is 6.10. The number of rotatable bonds is 3. The molecule has 4 nitrogen and oxygen atoms in total.